The Kier molecular flexibility index (Phi) is 4.59. The fourth-order valence-electron chi connectivity index (χ4n) is 2.06. The largest absolute Gasteiger partial charge is 0.393 e. The molecule has 0 unspecified atom stereocenters. The Morgan fingerprint density at radius 1 is 1.40 bits per heavy atom. The van der Waals surface area contributed by atoms with E-state index < -0.39 is 0 Å². The molecular weight excluding hydrogens is 260 g/mol. The quantitative estimate of drug-likeness (QED) is 0.874. The van der Waals surface area contributed by atoms with Crippen molar-refractivity contribution in [2.45, 2.75) is 51.7 Å². The molecule has 112 valence electrons. The third-order valence-corrected chi connectivity index (χ3v) is 3.44. The van der Waals surface area contributed by atoms with Crippen LogP contribution in [0.3, 0.4) is 0 Å². The molecule has 1 aromatic heterocycles. The summed E-state index contributed by atoms with van der Waals surface area (Å²) in [5.41, 5.74) is 0. The summed E-state index contributed by atoms with van der Waals surface area (Å²) >= 11 is 0. The van der Waals surface area contributed by atoms with Gasteiger partial charge in [-0.3, -0.25) is 0 Å². The number of hydrogen-bond acceptors (Lipinski definition) is 5. The molecule has 1 aliphatic heterocycles. The SMILES string of the molecule is CC(C)c1noc([C@@H](C)NC(=O)N2CCC(O)CC2)n1. The smallest absolute Gasteiger partial charge is 0.318 e. The minimum atomic E-state index is -0.325. The summed E-state index contributed by atoms with van der Waals surface area (Å²) in [6.45, 7) is 6.92. The molecule has 1 saturated heterocycles. The van der Waals surface area contributed by atoms with Gasteiger partial charge in [0.1, 0.15) is 6.04 Å². The zero-order valence-electron chi connectivity index (χ0n) is 12.2. The molecular formula is C13H22N4O3. The summed E-state index contributed by atoms with van der Waals surface area (Å²) in [6, 6.07) is -0.483. The van der Waals surface area contributed by atoms with Gasteiger partial charge in [-0.15, -0.1) is 0 Å². The van der Waals surface area contributed by atoms with Gasteiger partial charge < -0.3 is 19.8 Å². The first kappa shape index (κ1) is 14.8. The number of aliphatic hydroxyl groups excluding tert-OH is 1. The monoisotopic (exact) mass is 282 g/mol. The average molecular weight is 282 g/mol. The minimum Gasteiger partial charge on any atom is -0.393 e. The second-order valence-electron chi connectivity index (χ2n) is 5.53. The number of carbonyl (C=O) groups is 1. The molecule has 1 aromatic rings. The molecule has 2 N–H and O–H groups in total. The molecule has 1 fully saturated rings. The summed E-state index contributed by atoms with van der Waals surface area (Å²) < 4.78 is 5.16. The van der Waals surface area contributed by atoms with Crippen LogP contribution >= 0.6 is 0 Å². The van der Waals surface area contributed by atoms with Crippen molar-refractivity contribution < 1.29 is 14.4 Å². The lowest BCUT2D eigenvalue weighted by molar-refractivity contribution is 0.0926. The van der Waals surface area contributed by atoms with E-state index >= 15 is 0 Å². The second-order valence-corrected chi connectivity index (χ2v) is 5.53. The zero-order chi connectivity index (χ0) is 14.7. The van der Waals surface area contributed by atoms with Gasteiger partial charge in [-0.2, -0.15) is 4.98 Å². The van der Waals surface area contributed by atoms with Gasteiger partial charge in [0.25, 0.3) is 0 Å². The number of amides is 2. The number of aliphatic hydroxyl groups is 1. The molecule has 20 heavy (non-hydrogen) atoms. The number of nitrogens with one attached hydrogen (secondary N) is 1. The van der Waals surface area contributed by atoms with Crippen LogP contribution in [0.1, 0.15) is 57.3 Å². The highest BCUT2D eigenvalue weighted by Crippen LogP contribution is 2.16. The Bertz CT molecular complexity index is 452. The standard InChI is InChI=1S/C13H22N4O3/c1-8(2)11-15-12(20-16-11)9(3)14-13(19)17-6-4-10(18)5-7-17/h8-10,18H,4-7H2,1-3H3,(H,14,19)/t9-/m1/s1. The Morgan fingerprint density at radius 3 is 2.60 bits per heavy atom. The van der Waals surface area contributed by atoms with Gasteiger partial charge in [0.05, 0.1) is 6.10 Å². The van der Waals surface area contributed by atoms with E-state index in [9.17, 15) is 9.90 Å². The van der Waals surface area contributed by atoms with Crippen molar-refractivity contribution in [3.05, 3.63) is 11.7 Å². The number of carbonyl (C=O) groups excluding carboxylic acids is 1. The van der Waals surface area contributed by atoms with Crippen LogP contribution in [-0.4, -0.2) is 45.4 Å². The van der Waals surface area contributed by atoms with Crippen LogP contribution in [0.15, 0.2) is 4.52 Å². The number of likely N-dealkylation sites (tertiary alicyclic amines) is 1. The molecule has 2 rings (SSSR count). The molecule has 0 aliphatic carbocycles. The first-order chi connectivity index (χ1) is 9.47. The van der Waals surface area contributed by atoms with E-state index in [0.29, 0.717) is 37.6 Å². The van der Waals surface area contributed by atoms with E-state index in [1.165, 1.54) is 0 Å². The van der Waals surface area contributed by atoms with Crippen molar-refractivity contribution in [3.63, 3.8) is 0 Å². The molecule has 0 saturated carbocycles. The van der Waals surface area contributed by atoms with Gasteiger partial charge in [0.15, 0.2) is 5.82 Å². The molecule has 1 aliphatic rings. The minimum absolute atomic E-state index is 0.159. The van der Waals surface area contributed by atoms with Crippen LogP contribution in [-0.2, 0) is 0 Å². The first-order valence-electron chi connectivity index (χ1n) is 7.04. The molecule has 7 nitrogen and oxygen atoms in total. The number of nitrogens with zero attached hydrogens (tertiary/aromatic N) is 3. The first-order valence-corrected chi connectivity index (χ1v) is 7.04. The number of urea groups is 1. The van der Waals surface area contributed by atoms with Crippen LogP contribution < -0.4 is 5.32 Å². The number of piperidine rings is 1. The van der Waals surface area contributed by atoms with Gasteiger partial charge in [-0.05, 0) is 19.8 Å². The highest BCUT2D eigenvalue weighted by Gasteiger charge is 2.24. The summed E-state index contributed by atoms with van der Waals surface area (Å²) in [5, 5.41) is 16.2. The number of aromatic nitrogens is 2. The van der Waals surface area contributed by atoms with E-state index in [1.54, 1.807) is 4.90 Å². The molecule has 0 bridgehead atoms. The van der Waals surface area contributed by atoms with Crippen molar-refractivity contribution in [3.8, 4) is 0 Å². The summed E-state index contributed by atoms with van der Waals surface area (Å²) in [4.78, 5) is 18.0. The van der Waals surface area contributed by atoms with Crippen molar-refractivity contribution in [1.29, 1.82) is 0 Å². The van der Waals surface area contributed by atoms with Gasteiger partial charge in [0, 0.05) is 19.0 Å². The lowest BCUT2D eigenvalue weighted by Crippen LogP contribution is -2.46. The van der Waals surface area contributed by atoms with E-state index in [1.807, 2.05) is 20.8 Å². The lowest BCUT2D eigenvalue weighted by Gasteiger charge is -2.30. The van der Waals surface area contributed by atoms with E-state index in [0.717, 1.165) is 0 Å². The van der Waals surface area contributed by atoms with Crippen molar-refractivity contribution in [1.82, 2.24) is 20.4 Å². The third-order valence-electron chi connectivity index (χ3n) is 3.44. The Balaban J connectivity index is 1.89. The van der Waals surface area contributed by atoms with Crippen LogP contribution in [0.4, 0.5) is 4.79 Å². The maximum absolute atomic E-state index is 12.1. The normalized spacial score (nSPS) is 18.4. The molecule has 2 amide bonds. The fourth-order valence-corrected chi connectivity index (χ4v) is 2.06. The van der Waals surface area contributed by atoms with Gasteiger partial charge in [-0.1, -0.05) is 19.0 Å². The summed E-state index contributed by atoms with van der Waals surface area (Å²) in [7, 11) is 0. The van der Waals surface area contributed by atoms with Crippen LogP contribution in [0.2, 0.25) is 0 Å². The second kappa shape index (κ2) is 6.21. The molecule has 0 aromatic carbocycles. The Morgan fingerprint density at radius 2 is 2.05 bits per heavy atom. The third kappa shape index (κ3) is 3.47. The molecule has 0 radical (unpaired) electrons. The molecule has 1 atom stereocenters. The highest BCUT2D eigenvalue weighted by atomic mass is 16.5. The Hall–Kier alpha value is -1.63. The van der Waals surface area contributed by atoms with Crippen molar-refractivity contribution in [2.24, 2.45) is 0 Å². The highest BCUT2D eigenvalue weighted by molar-refractivity contribution is 5.74. The number of rotatable bonds is 3. The van der Waals surface area contributed by atoms with Crippen LogP contribution in [0.25, 0.3) is 0 Å². The maximum Gasteiger partial charge on any atom is 0.318 e. The molecule has 7 heteroatoms. The summed E-state index contributed by atoms with van der Waals surface area (Å²) in [6.07, 6.45) is 0.959. The zero-order valence-corrected chi connectivity index (χ0v) is 12.2. The molecule has 0 spiro atoms. The maximum atomic E-state index is 12.1. The van der Waals surface area contributed by atoms with Gasteiger partial charge in [0.2, 0.25) is 5.89 Å². The predicted molar refractivity (Wildman–Crippen MR) is 72.1 cm³/mol. The van der Waals surface area contributed by atoms with Gasteiger partial charge >= 0.3 is 6.03 Å². The van der Waals surface area contributed by atoms with Crippen molar-refractivity contribution >= 4 is 6.03 Å². The lowest BCUT2D eigenvalue weighted by atomic mass is 10.1. The van der Waals surface area contributed by atoms with E-state index in [-0.39, 0.29) is 24.1 Å². The Labute approximate surface area is 118 Å². The fraction of sp³-hybridized carbons (Fsp3) is 0.769. The van der Waals surface area contributed by atoms with Crippen LogP contribution in [0.5, 0.6) is 0 Å². The van der Waals surface area contributed by atoms with E-state index in [4.69, 9.17) is 4.52 Å². The predicted octanol–water partition coefficient (Wildman–Crippen LogP) is 1.42. The van der Waals surface area contributed by atoms with Crippen LogP contribution in [0, 0.1) is 0 Å². The molecule has 2 heterocycles. The van der Waals surface area contributed by atoms with Gasteiger partial charge in [-0.25, -0.2) is 4.79 Å². The van der Waals surface area contributed by atoms with Crippen molar-refractivity contribution in [2.75, 3.05) is 13.1 Å². The summed E-state index contributed by atoms with van der Waals surface area (Å²) in [5.74, 6) is 1.25. The topological polar surface area (TPSA) is 91.5 Å². The van der Waals surface area contributed by atoms with E-state index in [2.05, 4.69) is 15.5 Å². The number of hydrogen-bond donors (Lipinski definition) is 2. The average Bonchev–Trinajstić information content (AvgIpc) is 2.89.